The number of hydrogen-bond donors (Lipinski definition) is 4. The van der Waals surface area contributed by atoms with Gasteiger partial charge in [0.2, 0.25) is 0 Å². The number of Topliss-reactive ketones (excluding diaryl/α,β-unsaturated/α-hetero) is 1. The summed E-state index contributed by atoms with van der Waals surface area (Å²) in [5, 5.41) is 19.0. The third-order valence-corrected chi connectivity index (χ3v) is 5.26. The van der Waals surface area contributed by atoms with E-state index in [2.05, 4.69) is 5.32 Å². The second-order valence-corrected chi connectivity index (χ2v) is 7.68. The van der Waals surface area contributed by atoms with Crippen LogP contribution in [0.25, 0.3) is 0 Å². The minimum Gasteiger partial charge on any atom is -0.481 e. The molecule has 7 nitrogen and oxygen atoms in total. The zero-order chi connectivity index (χ0) is 22.1. The predicted molar refractivity (Wildman–Crippen MR) is 120 cm³/mol. The standard InChI is InChI=1S/C21H20ClN3O4S/c22-16-4-5-18(17(9-16)20(28)15(10-23)11-24)25-21(29)14-3-1-2-13(8-14)12-30-7-6-19(26)27/h1-5,8-11,23H,6-7,12,24H2,(H,25,29)(H,26,27)/b15-11+,23-10?. The average molecular weight is 446 g/mol. The summed E-state index contributed by atoms with van der Waals surface area (Å²) in [5.74, 6) is -0.750. The van der Waals surface area contributed by atoms with E-state index < -0.39 is 17.7 Å². The SMILES string of the molecule is N=C/C(=C\N)C(=O)c1cc(Cl)ccc1NC(=O)c1cccc(CSCCC(=O)O)c1. The highest BCUT2D eigenvalue weighted by atomic mass is 35.5. The largest absolute Gasteiger partial charge is 0.481 e. The van der Waals surface area contributed by atoms with Gasteiger partial charge in [-0.1, -0.05) is 23.7 Å². The molecule has 0 heterocycles. The Morgan fingerprint density at radius 1 is 1.20 bits per heavy atom. The number of nitrogens with two attached hydrogens (primary N) is 1. The maximum atomic E-state index is 12.7. The van der Waals surface area contributed by atoms with E-state index in [9.17, 15) is 14.4 Å². The number of ketones is 1. The number of halogens is 1. The monoisotopic (exact) mass is 445 g/mol. The lowest BCUT2D eigenvalue weighted by Gasteiger charge is -2.12. The minimum atomic E-state index is -0.848. The Hall–Kier alpha value is -3.10. The maximum Gasteiger partial charge on any atom is 0.304 e. The molecule has 0 saturated heterocycles. The van der Waals surface area contributed by atoms with Gasteiger partial charge >= 0.3 is 5.97 Å². The van der Waals surface area contributed by atoms with Crippen molar-refractivity contribution in [1.82, 2.24) is 0 Å². The highest BCUT2D eigenvalue weighted by molar-refractivity contribution is 7.98. The van der Waals surface area contributed by atoms with Gasteiger partial charge in [-0.3, -0.25) is 14.4 Å². The van der Waals surface area contributed by atoms with Crippen LogP contribution < -0.4 is 11.1 Å². The predicted octanol–water partition coefficient (Wildman–Crippen LogP) is 3.98. The molecule has 0 atom stereocenters. The molecule has 0 aromatic heterocycles. The molecule has 0 saturated carbocycles. The van der Waals surface area contributed by atoms with Crippen molar-refractivity contribution in [3.63, 3.8) is 0 Å². The van der Waals surface area contributed by atoms with Crippen molar-refractivity contribution in [1.29, 1.82) is 5.41 Å². The summed E-state index contributed by atoms with van der Waals surface area (Å²) < 4.78 is 0. The van der Waals surface area contributed by atoms with Crippen molar-refractivity contribution < 1.29 is 19.5 Å². The number of thioether (sulfide) groups is 1. The average Bonchev–Trinajstić information content (AvgIpc) is 2.73. The van der Waals surface area contributed by atoms with Gasteiger partial charge in [-0.25, -0.2) is 0 Å². The zero-order valence-corrected chi connectivity index (χ0v) is 17.4. The Kier molecular flexibility index (Phi) is 8.64. The molecular weight excluding hydrogens is 426 g/mol. The first kappa shape index (κ1) is 23.2. The highest BCUT2D eigenvalue weighted by Gasteiger charge is 2.17. The number of rotatable bonds is 10. The Balaban J connectivity index is 2.18. The van der Waals surface area contributed by atoms with E-state index in [0.717, 1.165) is 18.0 Å². The summed E-state index contributed by atoms with van der Waals surface area (Å²) in [6.07, 6.45) is 1.93. The summed E-state index contributed by atoms with van der Waals surface area (Å²) in [7, 11) is 0. The van der Waals surface area contributed by atoms with Crippen LogP contribution in [-0.4, -0.2) is 34.7 Å². The third kappa shape index (κ3) is 6.47. The molecule has 0 fully saturated rings. The number of allylic oxidation sites excluding steroid dienone is 1. The zero-order valence-electron chi connectivity index (χ0n) is 15.9. The number of carboxylic acids is 1. The Morgan fingerprint density at radius 2 is 1.97 bits per heavy atom. The van der Waals surface area contributed by atoms with E-state index in [0.29, 0.717) is 22.1 Å². The molecule has 0 unspecified atom stereocenters. The van der Waals surface area contributed by atoms with Crippen LogP contribution in [0.5, 0.6) is 0 Å². The number of benzene rings is 2. The Morgan fingerprint density at radius 3 is 2.63 bits per heavy atom. The number of carbonyl (C=O) groups excluding carboxylic acids is 2. The molecule has 2 rings (SSSR count). The molecule has 5 N–H and O–H groups in total. The molecule has 2 aromatic carbocycles. The molecule has 0 aliphatic rings. The lowest BCUT2D eigenvalue weighted by atomic mass is 10.0. The number of carbonyl (C=O) groups is 3. The van der Waals surface area contributed by atoms with Crippen LogP contribution in [0, 0.1) is 5.41 Å². The first-order valence-corrected chi connectivity index (χ1v) is 10.4. The van der Waals surface area contributed by atoms with Crippen molar-refractivity contribution in [3.05, 3.63) is 76.0 Å². The van der Waals surface area contributed by atoms with Gasteiger partial charge in [-0.05, 0) is 35.9 Å². The quantitative estimate of drug-likeness (QED) is 0.189. The normalized spacial score (nSPS) is 11.0. The van der Waals surface area contributed by atoms with Crippen LogP contribution in [0.3, 0.4) is 0 Å². The molecule has 30 heavy (non-hydrogen) atoms. The van der Waals surface area contributed by atoms with Crippen LogP contribution in [0.2, 0.25) is 5.02 Å². The number of hydrogen-bond acceptors (Lipinski definition) is 6. The first-order chi connectivity index (χ1) is 14.3. The summed E-state index contributed by atoms with van der Waals surface area (Å²) in [6, 6.07) is 11.4. The second kappa shape index (κ2) is 11.2. The maximum absolute atomic E-state index is 12.7. The van der Waals surface area contributed by atoms with Gasteiger partial charge in [0.05, 0.1) is 17.7 Å². The van der Waals surface area contributed by atoms with Crippen LogP contribution in [0.4, 0.5) is 5.69 Å². The fourth-order valence-corrected chi connectivity index (χ4v) is 3.56. The Bertz CT molecular complexity index is 1010. The van der Waals surface area contributed by atoms with E-state index in [1.54, 1.807) is 24.3 Å². The van der Waals surface area contributed by atoms with Gasteiger partial charge in [0.1, 0.15) is 0 Å². The van der Waals surface area contributed by atoms with E-state index in [1.165, 1.54) is 23.9 Å². The van der Waals surface area contributed by atoms with Crippen molar-refractivity contribution in [2.75, 3.05) is 11.1 Å². The minimum absolute atomic E-state index is 0.0341. The summed E-state index contributed by atoms with van der Waals surface area (Å²) in [6.45, 7) is 0. The molecule has 0 spiro atoms. The van der Waals surface area contributed by atoms with Crippen molar-refractivity contribution in [2.24, 2.45) is 5.73 Å². The molecule has 0 aliphatic carbocycles. The highest BCUT2D eigenvalue weighted by Crippen LogP contribution is 2.24. The topological polar surface area (TPSA) is 133 Å². The third-order valence-electron chi connectivity index (χ3n) is 3.99. The van der Waals surface area contributed by atoms with Crippen LogP contribution in [0.1, 0.15) is 32.7 Å². The first-order valence-electron chi connectivity index (χ1n) is 8.82. The lowest BCUT2D eigenvalue weighted by molar-refractivity contribution is -0.136. The molecule has 0 bridgehead atoms. The van der Waals surface area contributed by atoms with Crippen molar-refractivity contribution >= 4 is 52.9 Å². The van der Waals surface area contributed by atoms with Crippen molar-refractivity contribution in [2.45, 2.75) is 12.2 Å². The molecule has 9 heteroatoms. The summed E-state index contributed by atoms with van der Waals surface area (Å²) >= 11 is 7.46. The van der Waals surface area contributed by atoms with Gasteiger partial charge in [0, 0.05) is 40.1 Å². The fourth-order valence-electron chi connectivity index (χ4n) is 2.50. The molecule has 0 aliphatic heterocycles. The molecule has 0 radical (unpaired) electrons. The van der Waals surface area contributed by atoms with Gasteiger partial charge < -0.3 is 21.6 Å². The van der Waals surface area contributed by atoms with Crippen molar-refractivity contribution in [3.8, 4) is 0 Å². The number of nitrogens with one attached hydrogen (secondary N) is 2. The van der Waals surface area contributed by atoms with E-state index >= 15 is 0 Å². The van der Waals surface area contributed by atoms with Gasteiger partial charge in [0.25, 0.3) is 5.91 Å². The van der Waals surface area contributed by atoms with Gasteiger partial charge in [-0.2, -0.15) is 11.8 Å². The van der Waals surface area contributed by atoms with Gasteiger partial charge in [-0.15, -0.1) is 0 Å². The number of aliphatic carboxylic acids is 1. The smallest absolute Gasteiger partial charge is 0.304 e. The lowest BCUT2D eigenvalue weighted by Crippen LogP contribution is -2.16. The van der Waals surface area contributed by atoms with E-state index in [4.69, 9.17) is 27.9 Å². The molecule has 156 valence electrons. The van der Waals surface area contributed by atoms with E-state index in [1.807, 2.05) is 6.07 Å². The number of carboxylic acid groups (broad SMARTS) is 1. The van der Waals surface area contributed by atoms with Gasteiger partial charge in [0.15, 0.2) is 5.78 Å². The Labute approximate surface area is 182 Å². The fraction of sp³-hybridized carbons (Fsp3) is 0.143. The van der Waals surface area contributed by atoms with Crippen LogP contribution in [0.15, 0.2) is 54.2 Å². The van der Waals surface area contributed by atoms with E-state index in [-0.39, 0.29) is 23.2 Å². The molecular formula is C21H20ClN3O4S. The molecule has 1 amide bonds. The summed E-state index contributed by atoms with van der Waals surface area (Å²) in [4.78, 5) is 35.9. The second-order valence-electron chi connectivity index (χ2n) is 6.14. The van der Waals surface area contributed by atoms with Crippen LogP contribution in [-0.2, 0) is 10.5 Å². The number of anilines is 1. The van der Waals surface area contributed by atoms with Crippen LogP contribution >= 0.6 is 23.4 Å². The molecule has 2 aromatic rings. The summed E-state index contributed by atoms with van der Waals surface area (Å²) in [5.41, 5.74) is 7.00. The number of amides is 1.